The second kappa shape index (κ2) is 7.36. The Morgan fingerprint density at radius 1 is 0.559 bits per heavy atom. The van der Waals surface area contributed by atoms with E-state index in [-0.39, 0.29) is 0 Å². The van der Waals surface area contributed by atoms with E-state index in [1.165, 1.54) is 0 Å². The molecule has 9 nitrogen and oxygen atoms in total. The lowest BCUT2D eigenvalue weighted by Gasteiger charge is -2.22. The molecule has 0 spiro atoms. The third kappa shape index (κ3) is 2.79. The molecule has 0 saturated heterocycles. The van der Waals surface area contributed by atoms with Crippen molar-refractivity contribution < 1.29 is 82.1 Å². The fourth-order valence-electron chi connectivity index (χ4n) is 3.13. The van der Waals surface area contributed by atoms with Crippen molar-refractivity contribution in [1.82, 2.24) is 0 Å². The Balaban J connectivity index is 1.93. The molecule has 0 heterocycles. The van der Waals surface area contributed by atoms with E-state index in [1.807, 2.05) is 0 Å². The van der Waals surface area contributed by atoms with E-state index in [1.54, 1.807) is 0 Å². The largest absolute Gasteiger partial charge is 0.646 e. The van der Waals surface area contributed by atoms with Crippen LogP contribution in [0.15, 0.2) is 0 Å². The first-order valence-corrected chi connectivity index (χ1v) is 8.79. The minimum absolute atomic E-state index is 0.449. The summed E-state index contributed by atoms with van der Waals surface area (Å²) in [5.74, 6) is -20.7. The SMILES string of the molecule is COC(=O)C1(F)C(F)C1(F)OB(OC1(F)C(F)C1(F)C(=O)OC)OC1(F)C(F)C1(F)C(=O)OC. The average Bonchev–Trinajstić information content (AvgIpc) is 3.57. The first-order valence-electron chi connectivity index (χ1n) is 8.79. The lowest BCUT2D eigenvalue weighted by Crippen LogP contribution is -2.46. The molecule has 0 bridgehead atoms. The van der Waals surface area contributed by atoms with Crippen LogP contribution in [-0.2, 0) is 42.6 Å². The molecule has 3 aliphatic carbocycles. The highest BCUT2D eigenvalue weighted by Crippen LogP contribution is 2.64. The van der Waals surface area contributed by atoms with E-state index in [2.05, 4.69) is 28.2 Å². The summed E-state index contributed by atoms with van der Waals surface area (Å²) in [5, 5.41) is 0. The van der Waals surface area contributed by atoms with E-state index < -0.39 is 78.3 Å². The highest BCUT2D eigenvalue weighted by Gasteiger charge is 2.95. The molecule has 0 aromatic heterocycles. The summed E-state index contributed by atoms with van der Waals surface area (Å²) in [6.45, 7) is 0. The Morgan fingerprint density at radius 3 is 0.941 bits per heavy atom. The lowest BCUT2D eigenvalue weighted by atomic mass is 10.2. The Morgan fingerprint density at radius 2 is 0.765 bits per heavy atom. The van der Waals surface area contributed by atoms with Crippen LogP contribution in [0.25, 0.3) is 0 Å². The molecule has 19 heteroatoms. The maximum atomic E-state index is 14.6. The van der Waals surface area contributed by atoms with Gasteiger partial charge in [0.25, 0.3) is 17.6 Å². The van der Waals surface area contributed by atoms with E-state index in [9.17, 15) is 53.9 Å². The third-order valence-electron chi connectivity index (χ3n) is 5.51. The number of ether oxygens (including phenoxy) is 3. The molecule has 0 radical (unpaired) electrons. The fraction of sp³-hybridized carbons (Fsp3) is 0.800. The highest BCUT2D eigenvalue weighted by molar-refractivity contribution is 6.37. The van der Waals surface area contributed by atoms with Crippen LogP contribution in [0.1, 0.15) is 0 Å². The quantitative estimate of drug-likeness (QED) is 0.189. The van der Waals surface area contributed by atoms with Crippen molar-refractivity contribution in [2.45, 2.75) is 53.1 Å². The number of alkyl halides is 9. The maximum Gasteiger partial charge on any atom is 0.646 e. The van der Waals surface area contributed by atoms with Crippen molar-refractivity contribution in [1.29, 1.82) is 0 Å². The van der Waals surface area contributed by atoms with Gasteiger partial charge in [-0.1, -0.05) is 0 Å². The van der Waals surface area contributed by atoms with Gasteiger partial charge in [-0.2, -0.15) is 0 Å². The van der Waals surface area contributed by atoms with Gasteiger partial charge in [0.1, 0.15) is 0 Å². The second-order valence-electron chi connectivity index (χ2n) is 7.27. The predicted octanol–water partition coefficient (Wildman–Crippen LogP) is 0.717. The second-order valence-corrected chi connectivity index (χ2v) is 7.27. The summed E-state index contributed by atoms with van der Waals surface area (Å²) in [5.41, 5.74) is -13.1. The third-order valence-corrected chi connectivity index (χ3v) is 5.51. The van der Waals surface area contributed by atoms with Gasteiger partial charge in [-0.25, -0.2) is 53.9 Å². The van der Waals surface area contributed by atoms with Crippen molar-refractivity contribution in [2.75, 3.05) is 21.3 Å². The smallest absolute Gasteiger partial charge is 0.466 e. The zero-order chi connectivity index (χ0) is 26.3. The summed E-state index contributed by atoms with van der Waals surface area (Å²) in [6, 6.07) is 0. The molecule has 3 saturated carbocycles. The van der Waals surface area contributed by atoms with Crippen molar-refractivity contribution in [2.24, 2.45) is 0 Å². The average molecular weight is 518 g/mol. The van der Waals surface area contributed by atoms with Gasteiger partial charge >= 0.3 is 42.2 Å². The monoisotopic (exact) mass is 518 g/mol. The van der Waals surface area contributed by atoms with Gasteiger partial charge in [0.15, 0.2) is 0 Å². The van der Waals surface area contributed by atoms with Gasteiger partial charge in [-0.05, 0) is 0 Å². The number of methoxy groups -OCH3 is 3. The molecule has 0 aliphatic heterocycles. The molecule has 3 rings (SSSR count). The summed E-state index contributed by atoms with van der Waals surface area (Å²) >= 11 is 0. The van der Waals surface area contributed by atoms with Gasteiger partial charge in [0.05, 0.1) is 21.3 Å². The normalized spacial score (nSPS) is 48.5. The minimum atomic E-state index is -4.60. The van der Waals surface area contributed by atoms with Crippen molar-refractivity contribution in [3.05, 3.63) is 0 Å². The van der Waals surface area contributed by atoms with Gasteiger partial charge in [0.2, 0.25) is 18.5 Å². The van der Waals surface area contributed by atoms with E-state index in [0.717, 1.165) is 0 Å². The number of halogens is 9. The summed E-state index contributed by atoms with van der Waals surface area (Å²) < 4.78 is 151. The summed E-state index contributed by atoms with van der Waals surface area (Å²) in [4.78, 5) is 33.9. The van der Waals surface area contributed by atoms with Gasteiger partial charge < -0.3 is 28.2 Å². The van der Waals surface area contributed by atoms with Crippen LogP contribution in [-0.4, -0.2) is 99.6 Å². The Labute approximate surface area is 182 Å². The summed E-state index contributed by atoms with van der Waals surface area (Å²) in [6.07, 6.45) is -10.9. The van der Waals surface area contributed by atoms with Crippen LogP contribution >= 0.6 is 0 Å². The van der Waals surface area contributed by atoms with E-state index >= 15 is 0 Å². The maximum absolute atomic E-state index is 14.6. The Hall–Kier alpha value is -2.28. The first-order chi connectivity index (χ1) is 15.4. The van der Waals surface area contributed by atoms with Gasteiger partial charge in [0, 0.05) is 0 Å². The van der Waals surface area contributed by atoms with Crippen LogP contribution in [0.5, 0.6) is 0 Å². The zero-order valence-corrected chi connectivity index (χ0v) is 16.9. The number of rotatable bonds is 9. The topological polar surface area (TPSA) is 107 Å². The van der Waals surface area contributed by atoms with Crippen LogP contribution in [0.2, 0.25) is 0 Å². The Bertz CT molecular complexity index is 820. The van der Waals surface area contributed by atoms with Crippen LogP contribution in [0, 0.1) is 0 Å². The molecule has 0 aromatic rings. The van der Waals surface area contributed by atoms with Crippen LogP contribution in [0.4, 0.5) is 39.5 Å². The molecular weight excluding hydrogens is 506 g/mol. The molecule has 0 amide bonds. The Kier molecular flexibility index (Phi) is 5.70. The fourth-order valence-corrected chi connectivity index (χ4v) is 3.13. The number of esters is 3. The lowest BCUT2D eigenvalue weighted by molar-refractivity contribution is -0.172. The number of hydrogen-bond acceptors (Lipinski definition) is 9. The number of carbonyl (C=O) groups is 3. The number of carbonyl (C=O) groups excluding carboxylic acids is 3. The highest BCUT2D eigenvalue weighted by atomic mass is 19.2. The van der Waals surface area contributed by atoms with Crippen LogP contribution < -0.4 is 0 Å². The molecule has 34 heavy (non-hydrogen) atoms. The first kappa shape index (κ1) is 26.3. The predicted molar refractivity (Wildman–Crippen MR) is 82.8 cm³/mol. The zero-order valence-electron chi connectivity index (χ0n) is 16.9. The molecule has 0 aromatic carbocycles. The molecule has 9 atom stereocenters. The van der Waals surface area contributed by atoms with E-state index in [0.29, 0.717) is 21.3 Å². The molecular formula is C15H12BF9O9. The molecule has 3 fully saturated rings. The van der Waals surface area contributed by atoms with Gasteiger partial charge in [-0.3, -0.25) is 0 Å². The van der Waals surface area contributed by atoms with Crippen molar-refractivity contribution in [3.63, 3.8) is 0 Å². The van der Waals surface area contributed by atoms with Gasteiger partial charge in [-0.15, -0.1) is 0 Å². The van der Waals surface area contributed by atoms with E-state index in [4.69, 9.17) is 0 Å². The van der Waals surface area contributed by atoms with Crippen molar-refractivity contribution in [3.8, 4) is 0 Å². The molecule has 3 aliphatic rings. The van der Waals surface area contributed by atoms with Crippen LogP contribution in [0.3, 0.4) is 0 Å². The number of hydrogen-bond donors (Lipinski definition) is 0. The minimum Gasteiger partial charge on any atom is -0.466 e. The molecule has 192 valence electrons. The molecule has 9 unspecified atom stereocenters. The standard InChI is InChI=1S/C15H12BF9O9/c1-29-7(26)10(20)4(17)13(10,23)32-16(33-14(24)5(18)11(14,21)8(27)30-2)34-15(25)6(19)12(15,22)9(28)31-3/h4-6H,1-3H3. The van der Waals surface area contributed by atoms with Crippen molar-refractivity contribution >= 4 is 25.2 Å². The summed E-state index contributed by atoms with van der Waals surface area (Å²) in [7, 11) is -2.49. The molecule has 0 N–H and O–H groups in total.